The molecule has 8 heteroatoms. The number of aliphatic hydroxyl groups is 1. The van der Waals surface area contributed by atoms with Crippen molar-refractivity contribution in [3.63, 3.8) is 0 Å². The Morgan fingerprint density at radius 1 is 1.07 bits per heavy atom. The van der Waals surface area contributed by atoms with Crippen molar-refractivity contribution in [1.82, 2.24) is 10.8 Å². The van der Waals surface area contributed by atoms with E-state index in [0.717, 1.165) is 17.7 Å². The van der Waals surface area contributed by atoms with Crippen LogP contribution >= 0.6 is 0 Å². The van der Waals surface area contributed by atoms with Gasteiger partial charge in [0.15, 0.2) is 11.5 Å². The SMILES string of the molecule is COCCc1ccc(ONC(C)=O)c(OCCNC[C@H](O)COc2ccccc2)c1. The molecule has 2 aromatic rings. The number of methoxy groups -OCH3 is 1. The minimum Gasteiger partial charge on any atom is -0.491 e. The number of benzene rings is 2. The van der Waals surface area contributed by atoms with Gasteiger partial charge in [-0.25, -0.2) is 0 Å². The lowest BCUT2D eigenvalue weighted by atomic mass is 10.1. The molecule has 8 nitrogen and oxygen atoms in total. The molecule has 1 amide bonds. The van der Waals surface area contributed by atoms with Crippen LogP contribution in [0.2, 0.25) is 0 Å². The normalized spacial score (nSPS) is 11.6. The van der Waals surface area contributed by atoms with Crippen LogP contribution in [0.4, 0.5) is 0 Å². The Hall–Kier alpha value is -2.81. The molecule has 164 valence electrons. The van der Waals surface area contributed by atoms with Crippen LogP contribution in [0.15, 0.2) is 48.5 Å². The molecule has 0 aliphatic heterocycles. The van der Waals surface area contributed by atoms with Crippen LogP contribution in [0, 0.1) is 0 Å². The predicted molar refractivity (Wildman–Crippen MR) is 113 cm³/mol. The third-order valence-corrected chi connectivity index (χ3v) is 4.01. The van der Waals surface area contributed by atoms with E-state index >= 15 is 0 Å². The number of carbonyl (C=O) groups is 1. The molecule has 0 aliphatic carbocycles. The zero-order chi connectivity index (χ0) is 21.6. The highest BCUT2D eigenvalue weighted by molar-refractivity contribution is 5.71. The molecule has 0 spiro atoms. The number of aliphatic hydroxyl groups excluding tert-OH is 1. The van der Waals surface area contributed by atoms with Gasteiger partial charge in [-0.2, -0.15) is 5.48 Å². The van der Waals surface area contributed by atoms with Crippen molar-refractivity contribution in [3.8, 4) is 17.2 Å². The number of para-hydroxylation sites is 1. The number of nitrogens with one attached hydrogen (secondary N) is 2. The largest absolute Gasteiger partial charge is 0.491 e. The predicted octanol–water partition coefficient (Wildman–Crippen LogP) is 1.71. The molecular weight excluding hydrogens is 388 g/mol. The summed E-state index contributed by atoms with van der Waals surface area (Å²) in [5.41, 5.74) is 3.33. The van der Waals surface area contributed by atoms with E-state index in [4.69, 9.17) is 19.0 Å². The van der Waals surface area contributed by atoms with E-state index in [1.165, 1.54) is 6.92 Å². The molecule has 0 unspecified atom stereocenters. The Balaban J connectivity index is 1.75. The molecule has 0 radical (unpaired) electrons. The van der Waals surface area contributed by atoms with Crippen LogP contribution in [0.5, 0.6) is 17.2 Å². The first-order valence-corrected chi connectivity index (χ1v) is 9.83. The minimum atomic E-state index is -0.638. The minimum absolute atomic E-state index is 0.202. The summed E-state index contributed by atoms with van der Waals surface area (Å²) >= 11 is 0. The maximum Gasteiger partial charge on any atom is 0.249 e. The Morgan fingerprint density at radius 2 is 1.87 bits per heavy atom. The average molecular weight is 418 g/mol. The van der Waals surface area contributed by atoms with Crippen molar-refractivity contribution in [2.75, 3.05) is 40.0 Å². The van der Waals surface area contributed by atoms with Crippen LogP contribution < -0.4 is 25.1 Å². The van der Waals surface area contributed by atoms with E-state index in [0.29, 0.717) is 37.8 Å². The molecule has 2 aromatic carbocycles. The van der Waals surface area contributed by atoms with E-state index in [1.807, 2.05) is 42.5 Å². The number of hydrogen-bond donors (Lipinski definition) is 3. The van der Waals surface area contributed by atoms with Gasteiger partial charge in [-0.05, 0) is 36.2 Å². The summed E-state index contributed by atoms with van der Waals surface area (Å²) < 4.78 is 16.4. The molecule has 30 heavy (non-hydrogen) atoms. The third-order valence-electron chi connectivity index (χ3n) is 4.01. The highest BCUT2D eigenvalue weighted by Crippen LogP contribution is 2.28. The Labute approximate surface area is 177 Å². The lowest BCUT2D eigenvalue weighted by molar-refractivity contribution is -0.125. The number of hydroxylamine groups is 1. The molecule has 0 aromatic heterocycles. The maximum absolute atomic E-state index is 11.1. The summed E-state index contributed by atoms with van der Waals surface area (Å²) in [4.78, 5) is 16.4. The summed E-state index contributed by atoms with van der Waals surface area (Å²) in [6.07, 6.45) is 0.0975. The molecule has 0 aliphatic rings. The quantitative estimate of drug-likeness (QED) is 0.317. The van der Waals surface area contributed by atoms with Crippen molar-refractivity contribution >= 4 is 5.91 Å². The first kappa shape index (κ1) is 23.5. The number of hydrogen-bond acceptors (Lipinski definition) is 7. The van der Waals surface area contributed by atoms with Gasteiger partial charge in [-0.1, -0.05) is 24.3 Å². The van der Waals surface area contributed by atoms with Gasteiger partial charge >= 0.3 is 0 Å². The molecular formula is C22H30N2O6. The van der Waals surface area contributed by atoms with Gasteiger partial charge in [0.05, 0.1) is 6.61 Å². The number of carbonyl (C=O) groups excluding carboxylic acids is 1. The Kier molecular flexibility index (Phi) is 10.5. The molecule has 0 bridgehead atoms. The monoisotopic (exact) mass is 418 g/mol. The van der Waals surface area contributed by atoms with Gasteiger partial charge in [-0.15, -0.1) is 0 Å². The van der Waals surface area contributed by atoms with E-state index in [9.17, 15) is 9.90 Å². The Bertz CT molecular complexity index is 757. The van der Waals surface area contributed by atoms with Crippen molar-refractivity contribution in [2.45, 2.75) is 19.4 Å². The fourth-order valence-electron chi connectivity index (χ4n) is 2.52. The number of ether oxygens (including phenoxy) is 3. The maximum atomic E-state index is 11.1. The second-order valence-corrected chi connectivity index (χ2v) is 6.61. The summed E-state index contributed by atoms with van der Waals surface area (Å²) in [6.45, 7) is 3.41. The number of amides is 1. The van der Waals surface area contributed by atoms with Crippen LogP contribution in [0.1, 0.15) is 12.5 Å². The first-order chi connectivity index (χ1) is 14.6. The summed E-state index contributed by atoms with van der Waals surface area (Å²) in [5.74, 6) is 1.35. The summed E-state index contributed by atoms with van der Waals surface area (Å²) in [7, 11) is 1.65. The van der Waals surface area contributed by atoms with Crippen LogP contribution in [0.3, 0.4) is 0 Å². The van der Waals surface area contributed by atoms with E-state index in [1.54, 1.807) is 13.2 Å². The van der Waals surface area contributed by atoms with Gasteiger partial charge in [0.1, 0.15) is 25.1 Å². The first-order valence-electron chi connectivity index (χ1n) is 9.83. The fraction of sp³-hybridized carbons (Fsp3) is 0.409. The second-order valence-electron chi connectivity index (χ2n) is 6.61. The van der Waals surface area contributed by atoms with E-state index < -0.39 is 6.10 Å². The second kappa shape index (κ2) is 13.4. The molecule has 0 fully saturated rings. The van der Waals surface area contributed by atoms with Crippen LogP contribution in [-0.4, -0.2) is 57.1 Å². The van der Waals surface area contributed by atoms with Gasteiger partial charge in [0.25, 0.3) is 0 Å². The molecule has 0 heterocycles. The van der Waals surface area contributed by atoms with Crippen molar-refractivity contribution in [3.05, 3.63) is 54.1 Å². The van der Waals surface area contributed by atoms with Gasteiger partial charge in [0.2, 0.25) is 5.91 Å². The molecule has 1 atom stereocenters. The molecule has 2 rings (SSSR count). The summed E-state index contributed by atoms with van der Waals surface area (Å²) in [6, 6.07) is 14.9. The van der Waals surface area contributed by atoms with E-state index in [2.05, 4.69) is 10.8 Å². The number of rotatable bonds is 14. The standard InChI is InChI=1S/C22H30N2O6/c1-17(25)24-30-21-9-8-18(10-12-27-2)14-22(21)28-13-11-23-15-19(26)16-29-20-6-4-3-5-7-20/h3-9,14,19,23,26H,10-13,15-16H2,1-2H3,(H,24,25)/t19-/m0/s1. The van der Waals surface area contributed by atoms with E-state index in [-0.39, 0.29) is 12.5 Å². The zero-order valence-corrected chi connectivity index (χ0v) is 17.4. The zero-order valence-electron chi connectivity index (χ0n) is 17.4. The Morgan fingerprint density at radius 3 is 2.60 bits per heavy atom. The average Bonchev–Trinajstić information content (AvgIpc) is 2.76. The van der Waals surface area contributed by atoms with Crippen molar-refractivity contribution in [1.29, 1.82) is 0 Å². The smallest absolute Gasteiger partial charge is 0.249 e. The third kappa shape index (κ3) is 9.13. The fourth-order valence-corrected chi connectivity index (χ4v) is 2.52. The highest BCUT2D eigenvalue weighted by atomic mass is 16.7. The van der Waals surface area contributed by atoms with Crippen LogP contribution in [0.25, 0.3) is 0 Å². The van der Waals surface area contributed by atoms with Crippen LogP contribution in [-0.2, 0) is 16.0 Å². The van der Waals surface area contributed by atoms with Gasteiger partial charge in [0, 0.05) is 27.1 Å². The highest BCUT2D eigenvalue weighted by Gasteiger charge is 2.09. The summed E-state index contributed by atoms with van der Waals surface area (Å²) in [5, 5.41) is 13.1. The van der Waals surface area contributed by atoms with Gasteiger partial charge in [-0.3, -0.25) is 4.79 Å². The molecule has 3 N–H and O–H groups in total. The topological polar surface area (TPSA) is 98.3 Å². The molecule has 0 saturated carbocycles. The lowest BCUT2D eigenvalue weighted by Crippen LogP contribution is -2.33. The molecule has 0 saturated heterocycles. The van der Waals surface area contributed by atoms with Crippen molar-refractivity contribution < 1.29 is 28.9 Å². The van der Waals surface area contributed by atoms with Crippen molar-refractivity contribution in [2.24, 2.45) is 0 Å². The lowest BCUT2D eigenvalue weighted by Gasteiger charge is -2.15. The van der Waals surface area contributed by atoms with Gasteiger partial charge < -0.3 is 29.5 Å².